The van der Waals surface area contributed by atoms with Crippen molar-refractivity contribution in [1.29, 1.82) is 0 Å². The first-order valence-electron chi connectivity index (χ1n) is 7.58. The summed E-state index contributed by atoms with van der Waals surface area (Å²) in [5, 5.41) is 1.41. The number of hydrogen-bond donors (Lipinski definition) is 0. The Balaban J connectivity index is 1.93. The minimum atomic E-state index is 0.883. The number of rotatable bonds is 0. The van der Waals surface area contributed by atoms with Crippen molar-refractivity contribution in [1.82, 2.24) is 4.57 Å². The smallest absolute Gasteiger partial charge is 0.0890 e. The van der Waals surface area contributed by atoms with E-state index in [1.807, 2.05) is 0 Å². The first kappa shape index (κ1) is 11.3. The van der Waals surface area contributed by atoms with Crippen LogP contribution in [0.2, 0.25) is 0 Å². The summed E-state index contributed by atoms with van der Waals surface area (Å²) in [6.07, 6.45) is 1.03. The van der Waals surface area contributed by atoms with Crippen LogP contribution in [0.1, 0.15) is 27.9 Å². The number of aliphatic imine (C=N–C) groups is 1. The molecule has 0 saturated heterocycles. The van der Waals surface area contributed by atoms with Gasteiger partial charge in [0.05, 0.1) is 18.0 Å². The van der Waals surface area contributed by atoms with Gasteiger partial charge in [-0.25, -0.2) is 0 Å². The number of fused-ring (bicyclic) bond motifs is 5. The maximum Gasteiger partial charge on any atom is 0.0890 e. The molecule has 1 aromatic heterocycles. The molecule has 2 nitrogen and oxygen atoms in total. The first-order chi connectivity index (χ1) is 10.3. The van der Waals surface area contributed by atoms with Crippen LogP contribution in [0.25, 0.3) is 10.9 Å². The van der Waals surface area contributed by atoms with Crippen LogP contribution in [0.5, 0.6) is 0 Å². The fraction of sp³-hybridized carbons (Fsp3) is 0.211. The minimum absolute atomic E-state index is 0.883. The molecule has 2 heterocycles. The number of aryl methyl sites for hydroxylation is 1. The highest BCUT2D eigenvalue weighted by molar-refractivity contribution is 6.18. The molecule has 0 spiro atoms. The average Bonchev–Trinajstić information content (AvgIpc) is 2.83. The third kappa shape index (κ3) is 1.40. The van der Waals surface area contributed by atoms with Crippen LogP contribution in [0.3, 0.4) is 0 Å². The lowest BCUT2D eigenvalue weighted by molar-refractivity contribution is 0.706. The first-order valence-corrected chi connectivity index (χ1v) is 7.58. The fourth-order valence-electron chi connectivity index (χ4n) is 3.87. The van der Waals surface area contributed by atoms with Gasteiger partial charge >= 0.3 is 0 Å². The van der Waals surface area contributed by atoms with Crippen molar-refractivity contribution in [2.45, 2.75) is 19.9 Å². The Bertz CT molecular complexity index is 928. The van der Waals surface area contributed by atoms with Gasteiger partial charge in [-0.15, -0.1) is 0 Å². The SMILES string of the molecule is Cc1ccc2c(c1)c1c3n2CCN=C3c2ccccc2C1. The van der Waals surface area contributed by atoms with Crippen molar-refractivity contribution >= 4 is 16.6 Å². The van der Waals surface area contributed by atoms with Gasteiger partial charge in [0, 0.05) is 29.4 Å². The Morgan fingerprint density at radius 2 is 2.00 bits per heavy atom. The molecular formula is C19H16N2. The number of benzene rings is 2. The van der Waals surface area contributed by atoms with Gasteiger partial charge in [0.1, 0.15) is 0 Å². The number of hydrogen-bond acceptors (Lipinski definition) is 1. The van der Waals surface area contributed by atoms with Crippen LogP contribution in [0.4, 0.5) is 0 Å². The van der Waals surface area contributed by atoms with Crippen molar-refractivity contribution < 1.29 is 0 Å². The van der Waals surface area contributed by atoms with E-state index in [9.17, 15) is 0 Å². The zero-order valence-electron chi connectivity index (χ0n) is 12.1. The lowest BCUT2D eigenvalue weighted by Gasteiger charge is -2.24. The quantitative estimate of drug-likeness (QED) is 0.464. The minimum Gasteiger partial charge on any atom is -0.337 e. The second kappa shape index (κ2) is 3.85. The van der Waals surface area contributed by atoms with E-state index < -0.39 is 0 Å². The summed E-state index contributed by atoms with van der Waals surface area (Å²) in [5.74, 6) is 0. The van der Waals surface area contributed by atoms with Crippen molar-refractivity contribution in [2.75, 3.05) is 6.54 Å². The van der Waals surface area contributed by atoms with Gasteiger partial charge in [-0.1, -0.05) is 35.9 Å². The average molecular weight is 272 g/mol. The monoisotopic (exact) mass is 272 g/mol. The molecule has 3 aromatic rings. The van der Waals surface area contributed by atoms with Crippen LogP contribution in [0.15, 0.2) is 47.5 Å². The molecule has 1 aliphatic heterocycles. The molecule has 0 bridgehead atoms. The molecule has 21 heavy (non-hydrogen) atoms. The van der Waals surface area contributed by atoms with Crippen LogP contribution in [-0.4, -0.2) is 16.8 Å². The largest absolute Gasteiger partial charge is 0.337 e. The Labute approximate surface area is 123 Å². The van der Waals surface area contributed by atoms with Crippen LogP contribution in [0, 0.1) is 6.92 Å². The lowest BCUT2D eigenvalue weighted by atomic mass is 9.87. The predicted molar refractivity (Wildman–Crippen MR) is 86.4 cm³/mol. The molecule has 2 aliphatic rings. The Kier molecular flexibility index (Phi) is 2.08. The highest BCUT2D eigenvalue weighted by atomic mass is 15.1. The maximum atomic E-state index is 4.86. The summed E-state index contributed by atoms with van der Waals surface area (Å²) in [6.45, 7) is 4.06. The van der Waals surface area contributed by atoms with Crippen LogP contribution in [-0.2, 0) is 13.0 Å². The van der Waals surface area contributed by atoms with E-state index in [2.05, 4.69) is 54.0 Å². The molecule has 2 aromatic carbocycles. The highest BCUT2D eigenvalue weighted by Crippen LogP contribution is 2.37. The van der Waals surface area contributed by atoms with Crippen molar-refractivity contribution in [3.8, 4) is 0 Å². The van der Waals surface area contributed by atoms with E-state index >= 15 is 0 Å². The van der Waals surface area contributed by atoms with Gasteiger partial charge in [0.2, 0.25) is 0 Å². The Hall–Kier alpha value is -2.35. The van der Waals surface area contributed by atoms with Gasteiger partial charge in [-0.05, 0) is 30.2 Å². The summed E-state index contributed by atoms with van der Waals surface area (Å²) in [4.78, 5) is 4.86. The second-order valence-corrected chi connectivity index (χ2v) is 6.06. The zero-order valence-corrected chi connectivity index (χ0v) is 12.1. The third-order valence-corrected chi connectivity index (χ3v) is 4.78. The van der Waals surface area contributed by atoms with E-state index in [4.69, 9.17) is 4.99 Å². The lowest BCUT2D eigenvalue weighted by Crippen LogP contribution is -2.24. The molecule has 102 valence electrons. The molecule has 0 N–H and O–H groups in total. The van der Waals surface area contributed by atoms with E-state index in [-0.39, 0.29) is 0 Å². The van der Waals surface area contributed by atoms with Crippen molar-refractivity contribution in [3.05, 3.63) is 70.4 Å². The van der Waals surface area contributed by atoms with Crippen LogP contribution < -0.4 is 0 Å². The third-order valence-electron chi connectivity index (χ3n) is 4.78. The molecule has 2 heteroatoms. The summed E-state index contributed by atoms with van der Waals surface area (Å²) >= 11 is 0. The molecule has 0 atom stereocenters. The van der Waals surface area contributed by atoms with Gasteiger partial charge in [0.15, 0.2) is 0 Å². The molecular weight excluding hydrogens is 256 g/mol. The number of aromatic nitrogens is 1. The Morgan fingerprint density at radius 1 is 1.10 bits per heavy atom. The normalized spacial score (nSPS) is 15.6. The van der Waals surface area contributed by atoms with Crippen molar-refractivity contribution in [2.24, 2.45) is 4.99 Å². The zero-order chi connectivity index (χ0) is 14.0. The second-order valence-electron chi connectivity index (χ2n) is 6.06. The van der Waals surface area contributed by atoms with E-state index in [1.54, 1.807) is 0 Å². The van der Waals surface area contributed by atoms with Gasteiger partial charge in [-0.3, -0.25) is 4.99 Å². The predicted octanol–water partition coefficient (Wildman–Crippen LogP) is 3.70. The van der Waals surface area contributed by atoms with E-state index in [1.165, 1.54) is 44.6 Å². The standard InChI is InChI=1S/C19H16N2/c1-12-6-7-17-15(10-12)16-11-13-4-2-3-5-14(13)18-19(16)21(17)9-8-20-18/h2-7,10H,8-9,11H2,1H3. The maximum absolute atomic E-state index is 4.86. The van der Waals surface area contributed by atoms with Crippen LogP contribution >= 0.6 is 0 Å². The highest BCUT2D eigenvalue weighted by Gasteiger charge is 2.29. The molecule has 0 amide bonds. The van der Waals surface area contributed by atoms with Gasteiger partial charge in [0.25, 0.3) is 0 Å². The molecule has 5 rings (SSSR count). The van der Waals surface area contributed by atoms with E-state index in [0.29, 0.717) is 0 Å². The Morgan fingerprint density at radius 3 is 2.95 bits per heavy atom. The molecule has 0 fully saturated rings. The topological polar surface area (TPSA) is 17.3 Å². The van der Waals surface area contributed by atoms with Gasteiger partial charge in [-0.2, -0.15) is 0 Å². The summed E-state index contributed by atoms with van der Waals surface area (Å²) in [5.41, 5.74) is 9.46. The molecule has 0 unspecified atom stereocenters. The summed E-state index contributed by atoms with van der Waals surface area (Å²) in [7, 11) is 0. The molecule has 1 aliphatic carbocycles. The molecule has 0 saturated carbocycles. The molecule has 0 radical (unpaired) electrons. The number of nitrogens with zero attached hydrogens (tertiary/aromatic N) is 2. The fourth-order valence-corrected chi connectivity index (χ4v) is 3.87. The van der Waals surface area contributed by atoms with E-state index in [0.717, 1.165) is 19.5 Å². The summed E-state index contributed by atoms with van der Waals surface area (Å²) in [6, 6.07) is 15.5. The van der Waals surface area contributed by atoms with Crippen molar-refractivity contribution in [3.63, 3.8) is 0 Å². The summed E-state index contributed by atoms with van der Waals surface area (Å²) < 4.78 is 2.47. The van der Waals surface area contributed by atoms with Gasteiger partial charge < -0.3 is 4.57 Å².